The van der Waals surface area contributed by atoms with E-state index in [1.54, 1.807) is 0 Å². The average Bonchev–Trinajstić information content (AvgIpc) is 1.85. The van der Waals surface area contributed by atoms with Crippen molar-refractivity contribution in [2.75, 3.05) is 0 Å². The fourth-order valence-corrected chi connectivity index (χ4v) is 1.02. The number of hydrogen-bond acceptors (Lipinski definition) is 0. The van der Waals surface area contributed by atoms with E-state index >= 15 is 0 Å². The molecule has 0 heterocycles. The van der Waals surface area contributed by atoms with Gasteiger partial charge in [0.1, 0.15) is 0 Å². The Morgan fingerprint density at radius 1 is 1.33 bits per heavy atom. The van der Waals surface area contributed by atoms with Gasteiger partial charge in [0, 0.05) is 5.41 Å². The molecule has 0 spiro atoms. The summed E-state index contributed by atoms with van der Waals surface area (Å²) in [4.78, 5) is 0. The normalized spacial score (nSPS) is 11.9. The molecule has 0 radical (unpaired) electrons. The maximum Gasteiger partial charge on any atom is 0.0442 e. The Balaban J connectivity index is 4.69. The molecule has 0 atom stereocenters. The highest BCUT2D eigenvalue weighted by Gasteiger charge is 2.10. The minimum Gasteiger partial charge on any atom is -0.106 e. The van der Waals surface area contributed by atoms with E-state index in [4.69, 9.17) is 0 Å². The smallest absolute Gasteiger partial charge is 0.0442 e. The fourth-order valence-electron chi connectivity index (χ4n) is 1.02. The van der Waals surface area contributed by atoms with Gasteiger partial charge in [-0.15, -0.1) is 5.92 Å². The Morgan fingerprint density at radius 2 is 1.83 bits per heavy atom. The lowest BCUT2D eigenvalue weighted by atomic mass is 9.90. The van der Waals surface area contributed by atoms with Crippen LogP contribution in [0.15, 0.2) is 23.8 Å². The lowest BCUT2D eigenvalue weighted by Crippen LogP contribution is -2.04. The predicted molar refractivity (Wildman–Crippen MR) is 55.8 cm³/mol. The summed E-state index contributed by atoms with van der Waals surface area (Å²) in [5.41, 5.74) is 2.31. The number of hydrogen-bond donors (Lipinski definition) is 0. The Bertz CT molecular complexity index is 253. The van der Waals surface area contributed by atoms with Crippen molar-refractivity contribution < 1.29 is 0 Å². The largest absolute Gasteiger partial charge is 0.106 e. The molecule has 0 bridgehead atoms. The Labute approximate surface area is 76.4 Å². The van der Waals surface area contributed by atoms with E-state index in [-0.39, 0.29) is 5.41 Å². The zero-order chi connectivity index (χ0) is 9.78. The van der Waals surface area contributed by atoms with Crippen molar-refractivity contribution in [1.82, 2.24) is 0 Å². The maximum atomic E-state index is 3.88. The molecule has 0 rings (SSSR count). The third-order valence-corrected chi connectivity index (χ3v) is 1.70. The second kappa shape index (κ2) is 4.16. The molecule has 0 aliphatic heterocycles. The fraction of sp³-hybridized carbons (Fsp3) is 0.500. The zero-order valence-electron chi connectivity index (χ0n) is 8.78. The monoisotopic (exact) mass is 162 g/mol. The van der Waals surface area contributed by atoms with E-state index in [2.05, 4.69) is 45.3 Å². The maximum absolute atomic E-state index is 3.88. The van der Waals surface area contributed by atoms with E-state index in [0.29, 0.717) is 0 Å². The van der Waals surface area contributed by atoms with E-state index < -0.39 is 0 Å². The molecule has 0 nitrogen and oxygen atoms in total. The van der Waals surface area contributed by atoms with Crippen LogP contribution < -0.4 is 0 Å². The van der Waals surface area contributed by atoms with Gasteiger partial charge in [0.15, 0.2) is 0 Å². The molecule has 0 fully saturated rings. The SMILES string of the molecule is C=C(C)/C(C)=C\C(C)(C)C#CC. The van der Waals surface area contributed by atoms with Crippen LogP contribution >= 0.6 is 0 Å². The molecule has 0 amide bonds. The topological polar surface area (TPSA) is 0 Å². The van der Waals surface area contributed by atoms with Gasteiger partial charge in [0.2, 0.25) is 0 Å². The molecule has 0 aromatic heterocycles. The van der Waals surface area contributed by atoms with Crippen LogP contribution in [-0.2, 0) is 0 Å². The van der Waals surface area contributed by atoms with E-state index in [0.717, 1.165) is 5.57 Å². The van der Waals surface area contributed by atoms with E-state index in [1.807, 2.05) is 13.8 Å². The minimum absolute atomic E-state index is 0.0300. The zero-order valence-corrected chi connectivity index (χ0v) is 8.78. The lowest BCUT2D eigenvalue weighted by molar-refractivity contribution is 0.650. The third-order valence-electron chi connectivity index (χ3n) is 1.70. The van der Waals surface area contributed by atoms with Gasteiger partial charge in [-0.25, -0.2) is 0 Å². The standard InChI is InChI=1S/C12H18/c1-7-8-12(5,6)9-11(4)10(2)3/h9H,2H2,1,3-6H3/b11-9-. The van der Waals surface area contributed by atoms with Crippen molar-refractivity contribution in [3.8, 4) is 11.8 Å². The summed E-state index contributed by atoms with van der Waals surface area (Å²) in [6, 6.07) is 0. The van der Waals surface area contributed by atoms with Gasteiger partial charge in [-0.2, -0.15) is 0 Å². The van der Waals surface area contributed by atoms with Crippen LogP contribution in [0.2, 0.25) is 0 Å². The van der Waals surface area contributed by atoms with Crippen LogP contribution in [0.1, 0.15) is 34.6 Å². The quantitative estimate of drug-likeness (QED) is 0.430. The summed E-state index contributed by atoms with van der Waals surface area (Å²) >= 11 is 0. The summed E-state index contributed by atoms with van der Waals surface area (Å²) in [5.74, 6) is 6.07. The third kappa shape index (κ3) is 4.03. The molecule has 0 saturated carbocycles. The molecule has 66 valence electrons. The van der Waals surface area contributed by atoms with E-state index in [9.17, 15) is 0 Å². The average molecular weight is 162 g/mol. The van der Waals surface area contributed by atoms with Crippen molar-refractivity contribution in [1.29, 1.82) is 0 Å². The van der Waals surface area contributed by atoms with Crippen LogP contribution in [0.5, 0.6) is 0 Å². The van der Waals surface area contributed by atoms with Gasteiger partial charge in [0.05, 0.1) is 0 Å². The molecule has 0 N–H and O–H groups in total. The Kier molecular flexibility index (Phi) is 3.83. The van der Waals surface area contributed by atoms with Crippen LogP contribution in [-0.4, -0.2) is 0 Å². The van der Waals surface area contributed by atoms with Crippen molar-refractivity contribution in [2.24, 2.45) is 5.41 Å². The van der Waals surface area contributed by atoms with Crippen molar-refractivity contribution in [2.45, 2.75) is 34.6 Å². The highest BCUT2D eigenvalue weighted by Crippen LogP contribution is 2.20. The Morgan fingerprint density at radius 3 is 2.17 bits per heavy atom. The second-order valence-electron chi connectivity index (χ2n) is 3.70. The summed E-state index contributed by atoms with van der Waals surface area (Å²) in [5, 5.41) is 0. The lowest BCUT2D eigenvalue weighted by Gasteiger charge is -2.13. The number of allylic oxidation sites excluding steroid dienone is 3. The highest BCUT2D eigenvalue weighted by molar-refractivity contribution is 5.29. The number of rotatable bonds is 2. The molecule has 0 heteroatoms. The first-order valence-corrected chi connectivity index (χ1v) is 4.18. The summed E-state index contributed by atoms with van der Waals surface area (Å²) in [7, 11) is 0. The first-order chi connectivity index (χ1) is 5.39. The second-order valence-corrected chi connectivity index (χ2v) is 3.70. The van der Waals surface area contributed by atoms with Crippen molar-refractivity contribution in [3.05, 3.63) is 23.8 Å². The van der Waals surface area contributed by atoms with Gasteiger partial charge in [-0.3, -0.25) is 0 Å². The van der Waals surface area contributed by atoms with Gasteiger partial charge in [-0.05, 0) is 34.6 Å². The summed E-state index contributed by atoms with van der Waals surface area (Å²) < 4.78 is 0. The molecular formula is C12H18. The van der Waals surface area contributed by atoms with Crippen LogP contribution in [0, 0.1) is 17.3 Å². The van der Waals surface area contributed by atoms with Gasteiger partial charge >= 0.3 is 0 Å². The van der Waals surface area contributed by atoms with Crippen LogP contribution in [0.4, 0.5) is 0 Å². The first-order valence-electron chi connectivity index (χ1n) is 4.18. The van der Waals surface area contributed by atoms with Gasteiger partial charge in [0.25, 0.3) is 0 Å². The van der Waals surface area contributed by atoms with Crippen LogP contribution in [0.25, 0.3) is 0 Å². The van der Waals surface area contributed by atoms with Crippen molar-refractivity contribution in [3.63, 3.8) is 0 Å². The molecule has 12 heavy (non-hydrogen) atoms. The molecule has 0 saturated heterocycles. The first kappa shape index (κ1) is 11.0. The van der Waals surface area contributed by atoms with E-state index in [1.165, 1.54) is 5.57 Å². The molecule has 0 aliphatic rings. The van der Waals surface area contributed by atoms with Crippen molar-refractivity contribution >= 4 is 0 Å². The van der Waals surface area contributed by atoms with Gasteiger partial charge < -0.3 is 0 Å². The molecule has 0 unspecified atom stereocenters. The Hall–Kier alpha value is -0.960. The summed E-state index contributed by atoms with van der Waals surface area (Å²) in [6.45, 7) is 14.0. The minimum atomic E-state index is -0.0300. The van der Waals surface area contributed by atoms with Gasteiger partial charge in [-0.1, -0.05) is 29.7 Å². The molecule has 0 aromatic carbocycles. The molecule has 0 aliphatic carbocycles. The van der Waals surface area contributed by atoms with Crippen LogP contribution in [0.3, 0.4) is 0 Å². The predicted octanol–water partition coefficient (Wildman–Crippen LogP) is 3.56. The highest BCUT2D eigenvalue weighted by atomic mass is 14.1. The summed E-state index contributed by atoms with van der Waals surface area (Å²) in [6.07, 6.45) is 2.16. The molecule has 0 aromatic rings. The molecular weight excluding hydrogens is 144 g/mol.